The predicted octanol–water partition coefficient (Wildman–Crippen LogP) is 5.01. The Kier molecular flexibility index (Phi) is 5.69. The van der Waals surface area contributed by atoms with Gasteiger partial charge in [-0.2, -0.15) is 0 Å². The molecule has 0 heterocycles. The Morgan fingerprint density at radius 3 is 2.48 bits per heavy atom. The lowest BCUT2D eigenvalue weighted by Crippen LogP contribution is -2.36. The summed E-state index contributed by atoms with van der Waals surface area (Å²) in [4.78, 5) is 0. The molecule has 1 aromatic rings. The van der Waals surface area contributed by atoms with Gasteiger partial charge in [0, 0.05) is 11.6 Å². The molecule has 1 atom stereocenters. The number of nitrogens with one attached hydrogen (secondary N) is 1. The molecule has 1 unspecified atom stereocenters. The molecule has 0 spiro atoms. The fourth-order valence-corrected chi connectivity index (χ4v) is 3.97. The van der Waals surface area contributed by atoms with E-state index in [2.05, 4.69) is 51.2 Å². The minimum atomic E-state index is 0.398. The predicted molar refractivity (Wildman–Crippen MR) is 90.0 cm³/mol. The highest BCUT2D eigenvalue weighted by atomic mass is 16.5. The standard InChI is InChI=1S/C19H31NO/c1-5-19(12-8-9-13-19)18(20-6-2)16-14-15(4)10-11-17(16)21-7-3/h10-11,14,18,20H,5-9,12-13H2,1-4H3. The van der Waals surface area contributed by atoms with E-state index in [1.54, 1.807) is 0 Å². The molecule has 2 rings (SSSR count). The topological polar surface area (TPSA) is 21.3 Å². The van der Waals surface area contributed by atoms with Gasteiger partial charge < -0.3 is 10.1 Å². The monoisotopic (exact) mass is 289 g/mol. The summed E-state index contributed by atoms with van der Waals surface area (Å²) in [5.74, 6) is 1.06. The third-order valence-corrected chi connectivity index (χ3v) is 5.10. The first-order valence-electron chi connectivity index (χ1n) is 8.63. The Hall–Kier alpha value is -1.02. The maximum Gasteiger partial charge on any atom is 0.124 e. The molecule has 0 radical (unpaired) electrons. The van der Waals surface area contributed by atoms with Gasteiger partial charge in [0.2, 0.25) is 0 Å². The van der Waals surface area contributed by atoms with Crippen LogP contribution in [0.15, 0.2) is 18.2 Å². The molecule has 0 bridgehead atoms. The third-order valence-electron chi connectivity index (χ3n) is 5.10. The zero-order chi connectivity index (χ0) is 15.3. The van der Waals surface area contributed by atoms with E-state index in [0.717, 1.165) is 18.9 Å². The normalized spacial score (nSPS) is 18.7. The smallest absolute Gasteiger partial charge is 0.124 e. The summed E-state index contributed by atoms with van der Waals surface area (Å²) in [5, 5.41) is 3.78. The number of hydrogen-bond donors (Lipinski definition) is 1. The Morgan fingerprint density at radius 1 is 1.19 bits per heavy atom. The summed E-state index contributed by atoms with van der Waals surface area (Å²) in [6.07, 6.45) is 6.64. The van der Waals surface area contributed by atoms with Gasteiger partial charge in [0.15, 0.2) is 0 Å². The summed E-state index contributed by atoms with van der Waals surface area (Å²) in [6, 6.07) is 7.05. The molecule has 0 saturated heterocycles. The molecule has 1 N–H and O–H groups in total. The number of benzene rings is 1. The van der Waals surface area contributed by atoms with Crippen molar-refractivity contribution in [2.75, 3.05) is 13.2 Å². The highest BCUT2D eigenvalue weighted by Gasteiger charge is 2.41. The van der Waals surface area contributed by atoms with Crippen LogP contribution < -0.4 is 10.1 Å². The van der Waals surface area contributed by atoms with Gasteiger partial charge in [-0.05, 0) is 51.1 Å². The van der Waals surface area contributed by atoms with Crippen LogP contribution in [-0.2, 0) is 0 Å². The zero-order valence-corrected chi connectivity index (χ0v) is 14.2. The van der Waals surface area contributed by atoms with E-state index < -0.39 is 0 Å². The van der Waals surface area contributed by atoms with Gasteiger partial charge in [-0.3, -0.25) is 0 Å². The van der Waals surface area contributed by atoms with Crippen LogP contribution in [0.5, 0.6) is 5.75 Å². The fraction of sp³-hybridized carbons (Fsp3) is 0.684. The summed E-state index contributed by atoms with van der Waals surface area (Å²) in [5.41, 5.74) is 3.08. The Bertz CT molecular complexity index is 449. The lowest BCUT2D eigenvalue weighted by Gasteiger charge is -2.38. The Labute approximate surface area is 130 Å². The highest BCUT2D eigenvalue weighted by Crippen LogP contribution is 2.51. The minimum absolute atomic E-state index is 0.398. The van der Waals surface area contributed by atoms with Crippen molar-refractivity contribution < 1.29 is 4.74 Å². The van der Waals surface area contributed by atoms with Gasteiger partial charge in [0.1, 0.15) is 5.75 Å². The molecule has 1 saturated carbocycles. The number of aryl methyl sites for hydroxylation is 1. The van der Waals surface area contributed by atoms with Crippen molar-refractivity contribution in [3.63, 3.8) is 0 Å². The van der Waals surface area contributed by atoms with Gasteiger partial charge in [0.25, 0.3) is 0 Å². The summed E-state index contributed by atoms with van der Waals surface area (Å²) < 4.78 is 5.93. The molecule has 1 aliphatic carbocycles. The van der Waals surface area contributed by atoms with Crippen molar-refractivity contribution in [2.24, 2.45) is 5.41 Å². The number of hydrogen-bond acceptors (Lipinski definition) is 2. The molecule has 1 fully saturated rings. The molecule has 0 aromatic heterocycles. The van der Waals surface area contributed by atoms with Crippen molar-refractivity contribution in [2.45, 2.75) is 65.8 Å². The van der Waals surface area contributed by atoms with Crippen molar-refractivity contribution >= 4 is 0 Å². The minimum Gasteiger partial charge on any atom is -0.494 e. The fourth-order valence-electron chi connectivity index (χ4n) is 3.97. The van der Waals surface area contributed by atoms with Crippen LogP contribution in [0.25, 0.3) is 0 Å². The molecule has 21 heavy (non-hydrogen) atoms. The molecule has 2 nitrogen and oxygen atoms in total. The van der Waals surface area contributed by atoms with Crippen LogP contribution in [0.1, 0.15) is 70.0 Å². The maximum atomic E-state index is 5.93. The van der Waals surface area contributed by atoms with Crippen molar-refractivity contribution in [3.8, 4) is 5.75 Å². The van der Waals surface area contributed by atoms with E-state index >= 15 is 0 Å². The molecular formula is C19H31NO. The lowest BCUT2D eigenvalue weighted by atomic mass is 9.73. The summed E-state index contributed by atoms with van der Waals surface area (Å²) in [6.45, 7) is 10.5. The molecule has 0 amide bonds. The van der Waals surface area contributed by atoms with E-state index in [9.17, 15) is 0 Å². The first kappa shape index (κ1) is 16.4. The lowest BCUT2D eigenvalue weighted by molar-refractivity contribution is 0.184. The van der Waals surface area contributed by atoms with Crippen LogP contribution in [-0.4, -0.2) is 13.2 Å². The van der Waals surface area contributed by atoms with Crippen molar-refractivity contribution in [3.05, 3.63) is 29.3 Å². The van der Waals surface area contributed by atoms with E-state index in [4.69, 9.17) is 4.74 Å². The molecule has 2 heteroatoms. The van der Waals surface area contributed by atoms with Crippen LogP contribution >= 0.6 is 0 Å². The van der Waals surface area contributed by atoms with E-state index in [1.807, 2.05) is 0 Å². The van der Waals surface area contributed by atoms with Crippen molar-refractivity contribution in [1.82, 2.24) is 5.32 Å². The second kappa shape index (κ2) is 7.31. The maximum absolute atomic E-state index is 5.93. The average molecular weight is 289 g/mol. The third kappa shape index (κ3) is 3.42. The molecule has 118 valence electrons. The van der Waals surface area contributed by atoms with E-state index in [1.165, 1.54) is 43.2 Å². The average Bonchev–Trinajstić information content (AvgIpc) is 2.97. The summed E-state index contributed by atoms with van der Waals surface area (Å²) >= 11 is 0. The van der Waals surface area contributed by atoms with Crippen LogP contribution in [0.3, 0.4) is 0 Å². The number of rotatable bonds is 7. The zero-order valence-electron chi connectivity index (χ0n) is 14.2. The van der Waals surface area contributed by atoms with Crippen molar-refractivity contribution in [1.29, 1.82) is 0 Å². The second-order valence-corrected chi connectivity index (χ2v) is 6.39. The molecule has 1 aliphatic rings. The quantitative estimate of drug-likeness (QED) is 0.761. The Morgan fingerprint density at radius 2 is 1.90 bits per heavy atom. The van der Waals surface area contributed by atoms with Crippen LogP contribution in [0, 0.1) is 12.3 Å². The highest BCUT2D eigenvalue weighted by molar-refractivity contribution is 5.40. The largest absolute Gasteiger partial charge is 0.494 e. The van der Waals surface area contributed by atoms with E-state index in [0.29, 0.717) is 11.5 Å². The molecule has 0 aliphatic heterocycles. The van der Waals surface area contributed by atoms with Crippen LogP contribution in [0.2, 0.25) is 0 Å². The Balaban J connectivity index is 2.43. The first-order valence-corrected chi connectivity index (χ1v) is 8.63. The summed E-state index contributed by atoms with van der Waals surface area (Å²) in [7, 11) is 0. The molecular weight excluding hydrogens is 258 g/mol. The first-order chi connectivity index (χ1) is 10.2. The van der Waals surface area contributed by atoms with Gasteiger partial charge in [-0.1, -0.05) is 44.4 Å². The van der Waals surface area contributed by atoms with E-state index in [-0.39, 0.29) is 0 Å². The second-order valence-electron chi connectivity index (χ2n) is 6.39. The van der Waals surface area contributed by atoms with Crippen LogP contribution in [0.4, 0.5) is 0 Å². The SMILES string of the molecule is CCNC(c1cc(C)ccc1OCC)C1(CC)CCCC1. The molecule has 1 aromatic carbocycles. The van der Waals surface area contributed by atoms with Gasteiger partial charge in [-0.25, -0.2) is 0 Å². The number of ether oxygens (including phenoxy) is 1. The van der Waals surface area contributed by atoms with Gasteiger partial charge in [0.05, 0.1) is 6.61 Å². The van der Waals surface area contributed by atoms with Gasteiger partial charge >= 0.3 is 0 Å². The van der Waals surface area contributed by atoms with Gasteiger partial charge in [-0.15, -0.1) is 0 Å².